The Bertz CT molecular complexity index is 864. The Kier molecular flexibility index (Phi) is 5.33. The van der Waals surface area contributed by atoms with Gasteiger partial charge in [-0.05, 0) is 37.7 Å². The van der Waals surface area contributed by atoms with Gasteiger partial charge in [0, 0.05) is 61.8 Å². The van der Waals surface area contributed by atoms with Crippen LogP contribution in [0.15, 0.2) is 36.4 Å². The van der Waals surface area contributed by atoms with Crippen molar-refractivity contribution >= 4 is 17.7 Å². The zero-order valence-electron chi connectivity index (χ0n) is 16.5. The van der Waals surface area contributed by atoms with Crippen molar-refractivity contribution in [2.24, 2.45) is 0 Å². The van der Waals surface area contributed by atoms with Gasteiger partial charge in [0.05, 0.1) is 0 Å². The van der Waals surface area contributed by atoms with Crippen molar-refractivity contribution in [1.29, 1.82) is 0 Å². The van der Waals surface area contributed by atoms with E-state index < -0.39 is 6.17 Å². The molecular weight excluding hydrogens is 355 g/mol. The summed E-state index contributed by atoms with van der Waals surface area (Å²) in [6.07, 6.45) is 0.441. The summed E-state index contributed by atoms with van der Waals surface area (Å²) in [7, 11) is 2.15. The molecule has 5 nitrogen and oxygen atoms in total. The second-order valence-electron chi connectivity index (χ2n) is 7.75. The van der Waals surface area contributed by atoms with E-state index in [4.69, 9.17) is 0 Å². The molecule has 28 heavy (non-hydrogen) atoms. The number of hydrogen-bond acceptors (Lipinski definition) is 5. The van der Waals surface area contributed by atoms with Gasteiger partial charge in [0.2, 0.25) is 0 Å². The van der Waals surface area contributed by atoms with Crippen molar-refractivity contribution in [3.05, 3.63) is 58.9 Å². The van der Waals surface area contributed by atoms with Crippen LogP contribution >= 0.6 is 0 Å². The Morgan fingerprint density at radius 1 is 1.14 bits per heavy atom. The third-order valence-electron chi connectivity index (χ3n) is 5.75. The fraction of sp³-hybridized carbons (Fsp3) is 0.409. The van der Waals surface area contributed by atoms with Gasteiger partial charge in [0.1, 0.15) is 12.0 Å². The largest absolute Gasteiger partial charge is 0.369 e. The molecule has 148 valence electrons. The van der Waals surface area contributed by atoms with Crippen molar-refractivity contribution in [2.75, 3.05) is 43.0 Å². The Morgan fingerprint density at radius 3 is 2.57 bits per heavy atom. The molecule has 2 aromatic carbocycles. The summed E-state index contributed by atoms with van der Waals surface area (Å²) in [5.41, 5.74) is 5.17. The first-order chi connectivity index (χ1) is 13.6. The molecule has 4 rings (SSSR count). The van der Waals surface area contributed by atoms with Crippen molar-refractivity contribution < 1.29 is 9.18 Å². The number of carbonyl (C=O) groups excluding carboxylic acids is 1. The molecule has 0 bridgehead atoms. The number of nitrogens with one attached hydrogen (secondary N) is 1. The second kappa shape index (κ2) is 7.89. The molecule has 1 N–H and O–H groups in total. The summed E-state index contributed by atoms with van der Waals surface area (Å²) in [5, 5.41) is 3.32. The number of fused-ring (bicyclic) bond motifs is 1. The number of piperazine rings is 1. The SMILES string of the molecule is Cc1cc(N2CCN(C)CC2)c2c(c1)N(Cc1ccccc1F)C(C=O)NC2. The van der Waals surface area contributed by atoms with Crippen molar-refractivity contribution in [1.82, 2.24) is 10.2 Å². The van der Waals surface area contributed by atoms with Crippen LogP contribution in [0.4, 0.5) is 15.8 Å². The lowest BCUT2D eigenvalue weighted by Gasteiger charge is -2.41. The Hall–Kier alpha value is -2.44. The standard InChI is InChI=1S/C22H27FN4O/c1-16-11-20(26-9-7-25(2)8-10-26)18-13-24-22(15-28)27(21(18)12-16)14-17-5-3-4-6-19(17)23/h3-6,11-12,15,22,24H,7-10,13-14H2,1-2H3. The third-order valence-corrected chi connectivity index (χ3v) is 5.75. The molecule has 1 fully saturated rings. The van der Waals surface area contributed by atoms with Crippen LogP contribution in [0.25, 0.3) is 0 Å². The van der Waals surface area contributed by atoms with Gasteiger partial charge in [-0.3, -0.25) is 10.1 Å². The summed E-state index contributed by atoms with van der Waals surface area (Å²) < 4.78 is 14.3. The molecule has 0 spiro atoms. The van der Waals surface area contributed by atoms with E-state index in [1.54, 1.807) is 12.1 Å². The minimum atomic E-state index is -0.464. The number of rotatable bonds is 4. The van der Waals surface area contributed by atoms with Crippen LogP contribution < -0.4 is 15.1 Å². The fourth-order valence-corrected chi connectivity index (χ4v) is 4.13. The van der Waals surface area contributed by atoms with Crippen LogP contribution in [0.3, 0.4) is 0 Å². The van der Waals surface area contributed by atoms with E-state index >= 15 is 0 Å². The molecule has 1 unspecified atom stereocenters. The number of aldehydes is 1. The lowest BCUT2D eigenvalue weighted by Crippen LogP contribution is -2.51. The van der Waals surface area contributed by atoms with E-state index in [1.807, 2.05) is 11.0 Å². The summed E-state index contributed by atoms with van der Waals surface area (Å²) in [6, 6.07) is 11.1. The van der Waals surface area contributed by atoms with Gasteiger partial charge in [0.15, 0.2) is 6.29 Å². The van der Waals surface area contributed by atoms with Gasteiger partial charge >= 0.3 is 0 Å². The van der Waals surface area contributed by atoms with E-state index in [9.17, 15) is 9.18 Å². The minimum absolute atomic E-state index is 0.244. The average molecular weight is 382 g/mol. The Labute approximate surface area is 165 Å². The highest BCUT2D eigenvalue weighted by atomic mass is 19.1. The molecule has 2 aliphatic rings. The molecule has 2 aromatic rings. The van der Waals surface area contributed by atoms with E-state index in [0.29, 0.717) is 18.7 Å². The zero-order chi connectivity index (χ0) is 19.7. The highest BCUT2D eigenvalue weighted by molar-refractivity contribution is 5.75. The molecule has 2 heterocycles. The van der Waals surface area contributed by atoms with Crippen LogP contribution in [-0.2, 0) is 17.9 Å². The number of benzene rings is 2. The van der Waals surface area contributed by atoms with Crippen LogP contribution in [0.2, 0.25) is 0 Å². The van der Waals surface area contributed by atoms with E-state index in [1.165, 1.54) is 17.3 Å². The quantitative estimate of drug-likeness (QED) is 0.823. The number of likely N-dealkylation sites (N-methyl/N-ethyl adjacent to an activating group) is 1. The fourth-order valence-electron chi connectivity index (χ4n) is 4.13. The maximum atomic E-state index is 14.3. The number of anilines is 2. The van der Waals surface area contributed by atoms with Crippen LogP contribution in [0.5, 0.6) is 0 Å². The lowest BCUT2D eigenvalue weighted by atomic mass is 10.0. The normalized spacial score (nSPS) is 20.2. The van der Waals surface area contributed by atoms with Crippen LogP contribution in [0, 0.1) is 12.7 Å². The first-order valence-corrected chi connectivity index (χ1v) is 9.82. The van der Waals surface area contributed by atoms with Crippen molar-refractivity contribution in [2.45, 2.75) is 26.2 Å². The molecule has 0 saturated carbocycles. The molecule has 2 aliphatic heterocycles. The Morgan fingerprint density at radius 2 is 1.86 bits per heavy atom. The summed E-state index contributed by atoms with van der Waals surface area (Å²) in [5.74, 6) is -0.244. The molecule has 0 aliphatic carbocycles. The average Bonchev–Trinajstić information content (AvgIpc) is 2.70. The first-order valence-electron chi connectivity index (χ1n) is 9.82. The molecule has 6 heteroatoms. The minimum Gasteiger partial charge on any atom is -0.369 e. The second-order valence-corrected chi connectivity index (χ2v) is 7.75. The zero-order valence-corrected chi connectivity index (χ0v) is 16.5. The molecular formula is C22H27FN4O. The van der Waals surface area contributed by atoms with Gasteiger partial charge < -0.3 is 14.7 Å². The van der Waals surface area contributed by atoms with Gasteiger partial charge in [-0.2, -0.15) is 0 Å². The number of halogens is 1. The summed E-state index contributed by atoms with van der Waals surface area (Å²) in [6.45, 7) is 7.10. The van der Waals surface area contributed by atoms with E-state index in [2.05, 4.69) is 41.2 Å². The third kappa shape index (κ3) is 3.62. The van der Waals surface area contributed by atoms with Gasteiger partial charge in [0.25, 0.3) is 0 Å². The molecule has 0 radical (unpaired) electrons. The summed E-state index contributed by atoms with van der Waals surface area (Å²) >= 11 is 0. The monoisotopic (exact) mass is 382 g/mol. The first kappa shape index (κ1) is 18.9. The highest BCUT2D eigenvalue weighted by Gasteiger charge is 2.30. The van der Waals surface area contributed by atoms with Gasteiger partial charge in [-0.15, -0.1) is 0 Å². The molecule has 1 saturated heterocycles. The number of aryl methyl sites for hydroxylation is 1. The maximum Gasteiger partial charge on any atom is 0.157 e. The van der Waals surface area contributed by atoms with Crippen molar-refractivity contribution in [3.8, 4) is 0 Å². The maximum absolute atomic E-state index is 14.3. The number of nitrogens with zero attached hydrogens (tertiary/aromatic N) is 3. The van der Waals surface area contributed by atoms with Gasteiger partial charge in [-0.25, -0.2) is 4.39 Å². The lowest BCUT2D eigenvalue weighted by molar-refractivity contribution is -0.109. The molecule has 1 atom stereocenters. The summed E-state index contributed by atoms with van der Waals surface area (Å²) in [4.78, 5) is 18.5. The highest BCUT2D eigenvalue weighted by Crippen LogP contribution is 2.36. The topological polar surface area (TPSA) is 38.8 Å². The molecule has 0 amide bonds. The van der Waals surface area contributed by atoms with Crippen LogP contribution in [-0.4, -0.2) is 50.6 Å². The van der Waals surface area contributed by atoms with Crippen molar-refractivity contribution in [3.63, 3.8) is 0 Å². The predicted octanol–water partition coefficient (Wildman–Crippen LogP) is 2.52. The number of carbonyl (C=O) groups is 1. The Balaban J connectivity index is 1.73. The predicted molar refractivity (Wildman–Crippen MR) is 110 cm³/mol. The van der Waals surface area contributed by atoms with Crippen LogP contribution in [0.1, 0.15) is 16.7 Å². The van der Waals surface area contributed by atoms with Gasteiger partial charge in [-0.1, -0.05) is 18.2 Å². The van der Waals surface area contributed by atoms with E-state index in [0.717, 1.165) is 43.7 Å². The molecule has 0 aromatic heterocycles. The number of hydrogen-bond donors (Lipinski definition) is 1. The van der Waals surface area contributed by atoms with E-state index in [-0.39, 0.29) is 5.82 Å². The smallest absolute Gasteiger partial charge is 0.157 e.